The normalized spacial score (nSPS) is 16.3. The summed E-state index contributed by atoms with van der Waals surface area (Å²) in [6.45, 7) is 8.57. The van der Waals surface area contributed by atoms with Crippen LogP contribution in [0, 0.1) is 6.92 Å². The second-order valence-electron chi connectivity index (χ2n) is 9.90. The maximum atomic E-state index is 13.9. The van der Waals surface area contributed by atoms with Gasteiger partial charge in [0.05, 0.1) is 23.3 Å². The van der Waals surface area contributed by atoms with E-state index >= 15 is 0 Å². The van der Waals surface area contributed by atoms with Gasteiger partial charge >= 0.3 is 0 Å². The number of carbonyl (C=O) groups is 1. The molecule has 1 aliphatic heterocycles. The number of benzene rings is 1. The minimum absolute atomic E-state index is 0.0682. The molecule has 1 amide bonds. The smallest absolute Gasteiger partial charge is 0.254 e. The Bertz CT molecular complexity index is 1400. The number of piperazine rings is 1. The Morgan fingerprint density at radius 1 is 1.05 bits per heavy atom. The molecule has 4 aromatic rings. The summed E-state index contributed by atoms with van der Waals surface area (Å²) in [5.41, 5.74) is 4.48. The monoisotopic (exact) mass is 496 g/mol. The van der Waals surface area contributed by atoms with E-state index in [2.05, 4.69) is 22.0 Å². The highest BCUT2D eigenvalue weighted by atomic mass is 16.5. The largest absolute Gasteiger partial charge is 0.494 e. The van der Waals surface area contributed by atoms with Gasteiger partial charge in [-0.3, -0.25) is 9.69 Å². The van der Waals surface area contributed by atoms with Crippen molar-refractivity contribution in [3.63, 3.8) is 0 Å². The highest BCUT2D eigenvalue weighted by Crippen LogP contribution is 2.41. The van der Waals surface area contributed by atoms with Gasteiger partial charge in [0, 0.05) is 50.5 Å². The van der Waals surface area contributed by atoms with Crippen LogP contribution in [0.4, 0.5) is 0 Å². The molecular weight excluding hydrogens is 464 g/mol. The molecule has 0 atom stereocenters. The Hall–Kier alpha value is -3.78. The second-order valence-corrected chi connectivity index (χ2v) is 9.90. The van der Waals surface area contributed by atoms with Gasteiger partial charge in [-0.05, 0) is 62.6 Å². The summed E-state index contributed by atoms with van der Waals surface area (Å²) in [7, 11) is 0. The first kappa shape index (κ1) is 23.6. The quantitative estimate of drug-likeness (QED) is 0.379. The zero-order valence-corrected chi connectivity index (χ0v) is 21.4. The van der Waals surface area contributed by atoms with Crippen LogP contribution in [0.15, 0.2) is 54.7 Å². The van der Waals surface area contributed by atoms with Crippen LogP contribution in [0.25, 0.3) is 16.9 Å². The van der Waals surface area contributed by atoms with Crippen molar-refractivity contribution in [3.8, 4) is 11.6 Å². The number of hydrogen-bond acceptors (Lipinski definition) is 6. The number of hydrogen-bond donors (Lipinski definition) is 0. The van der Waals surface area contributed by atoms with Crippen LogP contribution in [0.2, 0.25) is 0 Å². The van der Waals surface area contributed by atoms with Crippen molar-refractivity contribution in [2.75, 3.05) is 32.8 Å². The summed E-state index contributed by atoms with van der Waals surface area (Å²) in [6, 6.07) is 16.1. The van der Waals surface area contributed by atoms with E-state index in [0.29, 0.717) is 37.0 Å². The van der Waals surface area contributed by atoms with E-state index in [0.717, 1.165) is 60.6 Å². The van der Waals surface area contributed by atoms with E-state index < -0.39 is 0 Å². The van der Waals surface area contributed by atoms with E-state index in [4.69, 9.17) is 14.8 Å². The summed E-state index contributed by atoms with van der Waals surface area (Å²) < 4.78 is 7.33. The molecule has 0 radical (unpaired) electrons. The minimum Gasteiger partial charge on any atom is -0.494 e. The van der Waals surface area contributed by atoms with Crippen LogP contribution in [-0.2, 0) is 6.54 Å². The fraction of sp³-hybridized carbons (Fsp3) is 0.379. The molecular formula is C29H32N6O2. The maximum Gasteiger partial charge on any atom is 0.254 e. The molecule has 2 fully saturated rings. The molecule has 3 aromatic heterocycles. The van der Waals surface area contributed by atoms with Gasteiger partial charge in [0.15, 0.2) is 11.5 Å². The standard InChI is InChI=1S/C29H32N6O2/c1-3-37-23-11-7-21(8-12-23)19-33-14-16-34(17-15-33)29(36)24-18-25(22-9-10-22)31-28-27(24)20(2)32-35(28)26-6-4-5-13-30-26/h4-8,11-13,18,22H,3,9-10,14-17,19H2,1-2H3. The minimum atomic E-state index is 0.0682. The van der Waals surface area contributed by atoms with E-state index in [-0.39, 0.29) is 5.91 Å². The Balaban J connectivity index is 1.23. The third kappa shape index (κ3) is 4.81. The molecule has 2 aliphatic rings. The predicted molar refractivity (Wildman–Crippen MR) is 142 cm³/mol. The number of carbonyl (C=O) groups excluding carboxylic acids is 1. The molecule has 8 heteroatoms. The van der Waals surface area contributed by atoms with E-state index in [1.807, 2.05) is 55.1 Å². The molecule has 190 valence electrons. The van der Waals surface area contributed by atoms with Crippen molar-refractivity contribution in [1.29, 1.82) is 0 Å². The first-order valence-corrected chi connectivity index (χ1v) is 13.2. The average Bonchev–Trinajstić information content (AvgIpc) is 3.73. The fourth-order valence-electron chi connectivity index (χ4n) is 5.10. The van der Waals surface area contributed by atoms with Crippen molar-refractivity contribution in [3.05, 3.63) is 77.2 Å². The van der Waals surface area contributed by atoms with Crippen molar-refractivity contribution in [2.45, 2.75) is 39.2 Å². The highest BCUT2D eigenvalue weighted by molar-refractivity contribution is 6.06. The summed E-state index contributed by atoms with van der Waals surface area (Å²) in [5, 5.41) is 5.58. The molecule has 1 saturated carbocycles. The molecule has 1 saturated heterocycles. The molecule has 6 rings (SSSR count). The molecule has 0 unspecified atom stereocenters. The van der Waals surface area contributed by atoms with Crippen LogP contribution in [0.3, 0.4) is 0 Å². The van der Waals surface area contributed by atoms with Gasteiger partial charge in [0.2, 0.25) is 0 Å². The van der Waals surface area contributed by atoms with Crippen LogP contribution in [-0.4, -0.2) is 68.2 Å². The number of amides is 1. The van der Waals surface area contributed by atoms with E-state index in [1.165, 1.54) is 5.56 Å². The van der Waals surface area contributed by atoms with Crippen LogP contribution in [0.5, 0.6) is 5.75 Å². The number of nitrogens with zero attached hydrogens (tertiary/aromatic N) is 6. The number of aryl methyl sites for hydroxylation is 1. The Morgan fingerprint density at radius 2 is 1.84 bits per heavy atom. The maximum absolute atomic E-state index is 13.9. The first-order chi connectivity index (χ1) is 18.1. The van der Waals surface area contributed by atoms with Crippen molar-refractivity contribution < 1.29 is 9.53 Å². The lowest BCUT2D eigenvalue weighted by molar-refractivity contribution is 0.0630. The third-order valence-electron chi connectivity index (χ3n) is 7.22. The first-order valence-electron chi connectivity index (χ1n) is 13.2. The molecule has 0 spiro atoms. The number of ether oxygens (including phenoxy) is 1. The van der Waals surface area contributed by atoms with Gasteiger partial charge in [-0.1, -0.05) is 18.2 Å². The number of rotatable bonds is 7. The lowest BCUT2D eigenvalue weighted by Crippen LogP contribution is -2.48. The summed E-state index contributed by atoms with van der Waals surface area (Å²) in [4.78, 5) is 27.7. The zero-order chi connectivity index (χ0) is 25.4. The molecule has 0 bridgehead atoms. The topological polar surface area (TPSA) is 76.4 Å². The number of aromatic nitrogens is 4. The zero-order valence-electron chi connectivity index (χ0n) is 21.4. The SMILES string of the molecule is CCOc1ccc(CN2CCN(C(=O)c3cc(C4CC4)nc4c3c(C)nn4-c3ccccn3)CC2)cc1. The molecule has 0 N–H and O–H groups in total. The Kier molecular flexibility index (Phi) is 6.34. The average molecular weight is 497 g/mol. The van der Waals surface area contributed by atoms with Crippen LogP contribution < -0.4 is 4.74 Å². The number of pyridine rings is 2. The third-order valence-corrected chi connectivity index (χ3v) is 7.22. The number of fused-ring (bicyclic) bond motifs is 1. The van der Waals surface area contributed by atoms with Crippen molar-refractivity contribution in [1.82, 2.24) is 29.5 Å². The molecule has 1 aromatic carbocycles. The summed E-state index contributed by atoms with van der Waals surface area (Å²) in [5.74, 6) is 2.10. The van der Waals surface area contributed by atoms with Gasteiger partial charge in [-0.25, -0.2) is 9.97 Å². The summed E-state index contributed by atoms with van der Waals surface area (Å²) in [6.07, 6.45) is 3.99. The van der Waals surface area contributed by atoms with Gasteiger partial charge in [0.1, 0.15) is 5.75 Å². The van der Waals surface area contributed by atoms with E-state index in [1.54, 1.807) is 10.9 Å². The van der Waals surface area contributed by atoms with Crippen LogP contribution in [0.1, 0.15) is 53.0 Å². The van der Waals surface area contributed by atoms with Crippen molar-refractivity contribution >= 4 is 16.9 Å². The highest BCUT2D eigenvalue weighted by Gasteiger charge is 2.31. The molecule has 1 aliphatic carbocycles. The second kappa shape index (κ2) is 9.94. The lowest BCUT2D eigenvalue weighted by Gasteiger charge is -2.35. The lowest BCUT2D eigenvalue weighted by atomic mass is 10.1. The molecule has 8 nitrogen and oxygen atoms in total. The van der Waals surface area contributed by atoms with Crippen molar-refractivity contribution in [2.24, 2.45) is 0 Å². The Labute approximate surface area is 216 Å². The van der Waals surface area contributed by atoms with Gasteiger partial charge in [0.25, 0.3) is 5.91 Å². The van der Waals surface area contributed by atoms with Gasteiger partial charge in [-0.2, -0.15) is 9.78 Å². The van der Waals surface area contributed by atoms with Gasteiger partial charge in [-0.15, -0.1) is 0 Å². The summed E-state index contributed by atoms with van der Waals surface area (Å²) >= 11 is 0. The van der Waals surface area contributed by atoms with E-state index in [9.17, 15) is 4.79 Å². The molecule has 37 heavy (non-hydrogen) atoms. The molecule has 4 heterocycles. The van der Waals surface area contributed by atoms with Crippen LogP contribution >= 0.6 is 0 Å². The predicted octanol–water partition coefficient (Wildman–Crippen LogP) is 4.36. The van der Waals surface area contributed by atoms with Gasteiger partial charge < -0.3 is 9.64 Å². The fourth-order valence-corrected chi connectivity index (χ4v) is 5.10. The Morgan fingerprint density at radius 3 is 2.51 bits per heavy atom.